The van der Waals surface area contributed by atoms with E-state index in [0.29, 0.717) is 23.6 Å². The number of carbonyl (C=O) groups excluding carboxylic acids is 1. The first-order chi connectivity index (χ1) is 15.7. The van der Waals surface area contributed by atoms with Gasteiger partial charge in [0.15, 0.2) is 8.32 Å². The van der Waals surface area contributed by atoms with Crippen LogP contribution in [-0.2, 0) is 22.1 Å². The van der Waals surface area contributed by atoms with Gasteiger partial charge in [-0.05, 0) is 72.4 Å². The van der Waals surface area contributed by atoms with Gasteiger partial charge in [0.1, 0.15) is 5.82 Å². The van der Waals surface area contributed by atoms with E-state index in [0.717, 1.165) is 11.1 Å². The summed E-state index contributed by atoms with van der Waals surface area (Å²) < 4.78 is 20.3. The van der Waals surface area contributed by atoms with Crippen LogP contribution >= 0.6 is 11.6 Å². The number of carboxylic acid groups (broad SMARTS) is 1. The van der Waals surface area contributed by atoms with Crippen LogP contribution in [0.4, 0.5) is 4.39 Å². The minimum Gasteiger partial charge on any atom is -0.478 e. The lowest BCUT2D eigenvalue weighted by Gasteiger charge is -2.44. The van der Waals surface area contributed by atoms with Gasteiger partial charge in [-0.3, -0.25) is 4.79 Å². The quantitative estimate of drug-likeness (QED) is 0.471. The van der Waals surface area contributed by atoms with Crippen molar-refractivity contribution in [3.8, 4) is 0 Å². The van der Waals surface area contributed by atoms with Gasteiger partial charge in [-0.15, -0.1) is 0 Å². The lowest BCUT2D eigenvalue weighted by Crippen LogP contribution is -2.52. The molecule has 0 aliphatic carbocycles. The van der Waals surface area contributed by atoms with Gasteiger partial charge in [-0.25, -0.2) is 9.18 Å². The number of fused-ring (bicyclic) bond motifs is 1. The summed E-state index contributed by atoms with van der Waals surface area (Å²) in [4.78, 5) is 27.3. The van der Waals surface area contributed by atoms with E-state index in [2.05, 4.69) is 33.9 Å². The number of rotatable bonds is 6. The van der Waals surface area contributed by atoms with E-state index < -0.39 is 20.1 Å². The second kappa shape index (κ2) is 9.80. The maximum Gasteiger partial charge on any atom is 0.335 e. The molecule has 2 aromatic carbocycles. The van der Waals surface area contributed by atoms with Crippen LogP contribution in [0.15, 0.2) is 36.4 Å². The fourth-order valence-electron chi connectivity index (χ4n) is 4.24. The average Bonchev–Trinajstić information content (AvgIpc) is 2.73. The molecule has 0 spiro atoms. The number of carbonyl (C=O) groups is 2. The van der Waals surface area contributed by atoms with Gasteiger partial charge in [-0.2, -0.15) is 0 Å². The summed E-state index contributed by atoms with van der Waals surface area (Å²) in [5.74, 6) is -1.64. The Hall–Kier alpha value is -2.22. The first-order valence-corrected chi connectivity index (χ1v) is 14.8. The normalized spacial score (nSPS) is 18.5. The van der Waals surface area contributed by atoms with E-state index in [-0.39, 0.29) is 35.0 Å². The zero-order valence-electron chi connectivity index (χ0n) is 20.6. The minimum atomic E-state index is -2.12. The van der Waals surface area contributed by atoms with Crippen LogP contribution in [0.3, 0.4) is 0 Å². The minimum absolute atomic E-state index is 0.0126. The molecule has 1 aliphatic heterocycles. The Kier molecular flexibility index (Phi) is 7.60. The predicted molar refractivity (Wildman–Crippen MR) is 134 cm³/mol. The van der Waals surface area contributed by atoms with Gasteiger partial charge in [0.2, 0.25) is 5.91 Å². The molecule has 0 radical (unpaired) electrons. The van der Waals surface area contributed by atoms with Crippen molar-refractivity contribution in [2.24, 2.45) is 0 Å². The molecule has 5 nitrogen and oxygen atoms in total. The largest absolute Gasteiger partial charge is 0.478 e. The third-order valence-corrected chi connectivity index (χ3v) is 12.1. The maximum absolute atomic E-state index is 13.8. The Morgan fingerprint density at radius 2 is 1.91 bits per heavy atom. The number of hydrogen-bond acceptors (Lipinski definition) is 3. The van der Waals surface area contributed by atoms with Gasteiger partial charge < -0.3 is 14.4 Å². The topological polar surface area (TPSA) is 66.8 Å². The van der Waals surface area contributed by atoms with Crippen molar-refractivity contribution in [1.29, 1.82) is 0 Å². The fraction of sp³-hybridized carbons (Fsp3) is 0.462. The van der Waals surface area contributed by atoms with Crippen LogP contribution in [-0.4, -0.2) is 42.8 Å². The van der Waals surface area contributed by atoms with Gasteiger partial charge >= 0.3 is 5.97 Å². The first-order valence-electron chi connectivity index (χ1n) is 11.5. The van der Waals surface area contributed by atoms with Crippen LogP contribution in [0.2, 0.25) is 23.2 Å². The number of nitrogens with zero attached hydrogens (tertiary/aromatic N) is 1. The SMILES string of the molecule is C[C@H]1c2cccc(C(=O)O)c2C[C@H](CO[Si](C)(C)C(C)(C)C)N1C(=O)Cc1cc(F)ccc1Cl. The number of hydrogen-bond donors (Lipinski definition) is 1. The number of carboxylic acids is 1. The van der Waals surface area contributed by atoms with Crippen molar-refractivity contribution in [3.05, 3.63) is 69.5 Å². The van der Waals surface area contributed by atoms with Crippen molar-refractivity contribution >= 4 is 31.8 Å². The van der Waals surface area contributed by atoms with Gasteiger partial charge in [0, 0.05) is 5.02 Å². The lowest BCUT2D eigenvalue weighted by atomic mass is 9.85. The van der Waals surface area contributed by atoms with E-state index in [4.69, 9.17) is 16.0 Å². The summed E-state index contributed by atoms with van der Waals surface area (Å²) in [6, 6.07) is 8.46. The molecular formula is C26H33ClFNO4Si. The second-order valence-corrected chi connectivity index (χ2v) is 15.7. The highest BCUT2D eigenvalue weighted by Crippen LogP contribution is 2.39. The Balaban J connectivity index is 1.99. The maximum atomic E-state index is 13.8. The summed E-state index contributed by atoms with van der Waals surface area (Å²) >= 11 is 6.24. The standard InChI is InChI=1S/C26H33ClFNO4Si/c1-16-20-8-7-9-21(25(31)32)22(20)14-19(15-33-34(5,6)26(2,3)4)29(16)24(30)13-17-12-18(28)10-11-23(17)27/h7-12,16,19H,13-15H2,1-6H3,(H,31,32)/t16-,19+/m0/s1. The Morgan fingerprint density at radius 1 is 1.24 bits per heavy atom. The number of benzene rings is 2. The Bertz CT molecular complexity index is 1100. The van der Waals surface area contributed by atoms with Crippen molar-refractivity contribution in [2.45, 2.75) is 70.8 Å². The van der Waals surface area contributed by atoms with E-state index in [1.807, 2.05) is 13.0 Å². The molecule has 0 saturated heterocycles. The summed E-state index contributed by atoms with van der Waals surface area (Å²) in [6.45, 7) is 12.9. The highest BCUT2D eigenvalue weighted by Gasteiger charge is 2.41. The number of halogens is 2. The van der Waals surface area contributed by atoms with Crippen LogP contribution in [0, 0.1) is 5.82 Å². The highest BCUT2D eigenvalue weighted by atomic mass is 35.5. The van der Waals surface area contributed by atoms with Crippen LogP contribution < -0.4 is 0 Å². The van der Waals surface area contributed by atoms with E-state index in [1.54, 1.807) is 17.0 Å². The average molecular weight is 506 g/mol. The van der Waals surface area contributed by atoms with Gasteiger partial charge in [0.25, 0.3) is 0 Å². The second-order valence-electron chi connectivity index (χ2n) is 10.5. The molecule has 34 heavy (non-hydrogen) atoms. The zero-order chi connectivity index (χ0) is 25.4. The van der Waals surface area contributed by atoms with Crippen LogP contribution in [0.25, 0.3) is 0 Å². The number of aromatic carboxylic acids is 1. The molecule has 1 amide bonds. The summed E-state index contributed by atoms with van der Waals surface area (Å²) in [5, 5.41) is 10.1. The molecule has 3 rings (SSSR count). The smallest absolute Gasteiger partial charge is 0.335 e. The van der Waals surface area contributed by atoms with Gasteiger partial charge in [-0.1, -0.05) is 44.5 Å². The molecule has 2 aromatic rings. The molecule has 0 saturated carbocycles. The Morgan fingerprint density at radius 3 is 2.53 bits per heavy atom. The molecule has 0 bridgehead atoms. The van der Waals surface area contributed by atoms with Crippen LogP contribution in [0.5, 0.6) is 0 Å². The number of amides is 1. The summed E-state index contributed by atoms with van der Waals surface area (Å²) in [7, 11) is -2.12. The van der Waals surface area contributed by atoms with Crippen molar-refractivity contribution in [3.63, 3.8) is 0 Å². The monoisotopic (exact) mass is 505 g/mol. The molecular weight excluding hydrogens is 473 g/mol. The fourth-order valence-corrected chi connectivity index (χ4v) is 5.46. The first kappa shape index (κ1) is 26.4. The van der Waals surface area contributed by atoms with Crippen molar-refractivity contribution < 1.29 is 23.5 Å². The Labute approximate surface area is 207 Å². The highest BCUT2D eigenvalue weighted by molar-refractivity contribution is 6.74. The van der Waals surface area contributed by atoms with Gasteiger partial charge in [0.05, 0.1) is 30.7 Å². The molecule has 0 aromatic heterocycles. The third kappa shape index (κ3) is 5.37. The van der Waals surface area contributed by atoms with E-state index >= 15 is 0 Å². The van der Waals surface area contributed by atoms with Crippen molar-refractivity contribution in [1.82, 2.24) is 4.90 Å². The molecule has 2 atom stereocenters. The summed E-state index contributed by atoms with van der Waals surface area (Å²) in [5.41, 5.74) is 2.22. The molecule has 1 heterocycles. The van der Waals surface area contributed by atoms with Crippen molar-refractivity contribution in [2.75, 3.05) is 6.61 Å². The van der Waals surface area contributed by atoms with E-state index in [9.17, 15) is 19.1 Å². The lowest BCUT2D eigenvalue weighted by molar-refractivity contribution is -0.137. The predicted octanol–water partition coefficient (Wildman–Crippen LogP) is 6.26. The van der Waals surface area contributed by atoms with Crippen LogP contribution in [0.1, 0.15) is 60.8 Å². The summed E-state index contributed by atoms with van der Waals surface area (Å²) in [6.07, 6.45) is 0.324. The molecule has 184 valence electrons. The zero-order valence-corrected chi connectivity index (χ0v) is 22.4. The molecule has 1 N–H and O–H groups in total. The third-order valence-electron chi connectivity index (χ3n) is 7.22. The van der Waals surface area contributed by atoms with E-state index in [1.165, 1.54) is 18.2 Å². The molecule has 0 fully saturated rings. The molecule has 8 heteroatoms. The molecule has 1 aliphatic rings. The molecule has 0 unspecified atom stereocenters.